The van der Waals surface area contributed by atoms with E-state index in [1.54, 1.807) is 0 Å². The van der Waals surface area contributed by atoms with Crippen molar-refractivity contribution >= 4 is 5.69 Å². The quantitative estimate of drug-likeness (QED) is 0.669. The number of nitrogens with one attached hydrogen (secondary N) is 1. The second kappa shape index (κ2) is 6.89. The summed E-state index contributed by atoms with van der Waals surface area (Å²) < 4.78 is 0. The number of aliphatic hydroxyl groups is 1. The lowest BCUT2D eigenvalue weighted by Crippen LogP contribution is -2.58. The van der Waals surface area contributed by atoms with Crippen molar-refractivity contribution in [2.45, 2.75) is 24.8 Å². The molecule has 2 rings (SSSR count). The van der Waals surface area contributed by atoms with E-state index in [4.69, 9.17) is 10.8 Å². The lowest BCUT2D eigenvalue weighted by atomic mass is 9.87. The predicted octanol–water partition coefficient (Wildman–Crippen LogP) is 0.956. The fourth-order valence-corrected chi connectivity index (χ4v) is 2.72. The maximum absolute atomic E-state index is 8.86. The van der Waals surface area contributed by atoms with Crippen LogP contribution in [0, 0.1) is 0 Å². The summed E-state index contributed by atoms with van der Waals surface area (Å²) in [7, 11) is 0. The van der Waals surface area contributed by atoms with Gasteiger partial charge in [-0.25, -0.2) is 0 Å². The molecule has 1 aliphatic rings. The van der Waals surface area contributed by atoms with Gasteiger partial charge in [0.2, 0.25) is 0 Å². The summed E-state index contributed by atoms with van der Waals surface area (Å²) in [5.74, 6) is 0. The van der Waals surface area contributed by atoms with Crippen molar-refractivity contribution in [2.75, 3.05) is 37.7 Å². The van der Waals surface area contributed by atoms with Crippen molar-refractivity contribution in [1.29, 1.82) is 0 Å². The summed E-state index contributed by atoms with van der Waals surface area (Å²) in [6.45, 7) is 3.82. The minimum absolute atomic E-state index is 0.0560. The SMILES string of the molecule is NCC1(NCCCO)CCN(c2ccccc2)CC1. The molecule has 1 aromatic rings. The molecule has 4 heteroatoms. The van der Waals surface area contributed by atoms with Crippen molar-refractivity contribution in [3.05, 3.63) is 30.3 Å². The number of nitrogens with zero attached hydrogens (tertiary/aromatic N) is 1. The highest BCUT2D eigenvalue weighted by Gasteiger charge is 2.32. The zero-order valence-corrected chi connectivity index (χ0v) is 11.5. The minimum atomic E-state index is 0.0560. The average molecular weight is 263 g/mol. The Bertz CT molecular complexity index is 361. The Kier molecular flexibility index (Phi) is 5.19. The number of benzene rings is 1. The number of hydrogen-bond acceptors (Lipinski definition) is 4. The highest BCUT2D eigenvalue weighted by atomic mass is 16.3. The van der Waals surface area contributed by atoms with Gasteiger partial charge in [-0.15, -0.1) is 0 Å². The minimum Gasteiger partial charge on any atom is -0.396 e. The maximum atomic E-state index is 8.86. The van der Waals surface area contributed by atoms with Crippen LogP contribution < -0.4 is 16.0 Å². The summed E-state index contributed by atoms with van der Waals surface area (Å²) in [4.78, 5) is 2.42. The molecular weight excluding hydrogens is 238 g/mol. The van der Waals surface area contributed by atoms with E-state index in [9.17, 15) is 0 Å². The van der Waals surface area contributed by atoms with E-state index in [0.29, 0.717) is 6.54 Å². The monoisotopic (exact) mass is 263 g/mol. The van der Waals surface area contributed by atoms with Crippen molar-refractivity contribution in [1.82, 2.24) is 5.32 Å². The molecule has 4 N–H and O–H groups in total. The van der Waals surface area contributed by atoms with Crippen molar-refractivity contribution in [3.8, 4) is 0 Å². The van der Waals surface area contributed by atoms with Gasteiger partial charge in [0.05, 0.1) is 0 Å². The normalized spacial score (nSPS) is 18.5. The van der Waals surface area contributed by atoms with Crippen molar-refractivity contribution in [2.24, 2.45) is 5.73 Å². The lowest BCUT2D eigenvalue weighted by Gasteiger charge is -2.43. The summed E-state index contributed by atoms with van der Waals surface area (Å²) in [6, 6.07) is 10.5. The molecule has 0 atom stereocenters. The molecule has 0 spiro atoms. The second-order valence-corrected chi connectivity index (χ2v) is 5.31. The van der Waals surface area contributed by atoms with Crippen LogP contribution in [0.2, 0.25) is 0 Å². The Hall–Kier alpha value is -1.10. The third-order valence-corrected chi connectivity index (χ3v) is 4.07. The molecule has 1 aromatic carbocycles. The van der Waals surface area contributed by atoms with Crippen molar-refractivity contribution in [3.63, 3.8) is 0 Å². The molecule has 106 valence electrons. The molecule has 1 aliphatic heterocycles. The number of anilines is 1. The lowest BCUT2D eigenvalue weighted by molar-refractivity contribution is 0.242. The van der Waals surface area contributed by atoms with Crippen LogP contribution in [0.1, 0.15) is 19.3 Å². The van der Waals surface area contributed by atoms with E-state index in [0.717, 1.165) is 38.9 Å². The Morgan fingerprint density at radius 2 is 1.89 bits per heavy atom. The fourth-order valence-electron chi connectivity index (χ4n) is 2.72. The summed E-state index contributed by atoms with van der Waals surface area (Å²) in [6.07, 6.45) is 2.91. The molecule has 0 aromatic heterocycles. The number of rotatable bonds is 6. The Balaban J connectivity index is 1.89. The number of para-hydroxylation sites is 1. The molecule has 0 radical (unpaired) electrons. The number of piperidine rings is 1. The first kappa shape index (κ1) is 14.3. The first-order valence-electron chi connectivity index (χ1n) is 7.16. The van der Waals surface area contributed by atoms with E-state index in [1.165, 1.54) is 5.69 Å². The van der Waals surface area contributed by atoms with Gasteiger partial charge >= 0.3 is 0 Å². The van der Waals surface area contributed by atoms with Gasteiger partial charge in [0.1, 0.15) is 0 Å². The zero-order valence-electron chi connectivity index (χ0n) is 11.5. The Morgan fingerprint density at radius 3 is 2.47 bits per heavy atom. The number of aliphatic hydroxyl groups excluding tert-OH is 1. The molecule has 19 heavy (non-hydrogen) atoms. The second-order valence-electron chi connectivity index (χ2n) is 5.31. The van der Waals surface area contributed by atoms with Crippen LogP contribution in [0.5, 0.6) is 0 Å². The largest absolute Gasteiger partial charge is 0.396 e. The van der Waals surface area contributed by atoms with Crippen LogP contribution in [-0.4, -0.2) is 43.4 Å². The molecular formula is C15H25N3O. The summed E-state index contributed by atoms with van der Waals surface area (Å²) in [5.41, 5.74) is 7.31. The Labute approximate surface area is 115 Å². The van der Waals surface area contributed by atoms with Gasteiger partial charge in [-0.3, -0.25) is 0 Å². The van der Waals surface area contributed by atoms with Crippen LogP contribution in [-0.2, 0) is 0 Å². The van der Waals surface area contributed by atoms with Gasteiger partial charge in [-0.1, -0.05) is 18.2 Å². The van der Waals surface area contributed by atoms with Gasteiger partial charge in [0.15, 0.2) is 0 Å². The smallest absolute Gasteiger partial charge is 0.0443 e. The highest BCUT2D eigenvalue weighted by Crippen LogP contribution is 2.25. The molecule has 0 unspecified atom stereocenters. The summed E-state index contributed by atoms with van der Waals surface area (Å²) in [5, 5.41) is 12.4. The van der Waals surface area contributed by atoms with Gasteiger partial charge in [-0.05, 0) is 37.9 Å². The molecule has 1 saturated heterocycles. The highest BCUT2D eigenvalue weighted by molar-refractivity contribution is 5.46. The number of hydrogen-bond donors (Lipinski definition) is 3. The first-order chi connectivity index (χ1) is 9.29. The van der Waals surface area contributed by atoms with Gasteiger partial charge in [0, 0.05) is 37.5 Å². The van der Waals surface area contributed by atoms with Crippen molar-refractivity contribution < 1.29 is 5.11 Å². The van der Waals surface area contributed by atoms with E-state index >= 15 is 0 Å². The molecule has 1 fully saturated rings. The van der Waals surface area contributed by atoms with Gasteiger partial charge in [0.25, 0.3) is 0 Å². The van der Waals surface area contributed by atoms with Crippen LogP contribution >= 0.6 is 0 Å². The third kappa shape index (κ3) is 3.69. The molecule has 0 aliphatic carbocycles. The number of nitrogens with two attached hydrogens (primary N) is 1. The third-order valence-electron chi connectivity index (χ3n) is 4.07. The van der Waals surface area contributed by atoms with E-state index in [-0.39, 0.29) is 12.1 Å². The van der Waals surface area contributed by atoms with Crippen LogP contribution in [0.25, 0.3) is 0 Å². The molecule has 4 nitrogen and oxygen atoms in total. The van der Waals surface area contributed by atoms with E-state index in [1.807, 2.05) is 6.07 Å². The van der Waals surface area contributed by atoms with Gasteiger partial charge < -0.3 is 21.1 Å². The predicted molar refractivity (Wildman–Crippen MR) is 79.4 cm³/mol. The Morgan fingerprint density at radius 1 is 1.21 bits per heavy atom. The van der Waals surface area contributed by atoms with E-state index < -0.39 is 0 Å². The zero-order chi connectivity index (χ0) is 13.6. The molecule has 1 heterocycles. The molecule has 0 saturated carbocycles. The van der Waals surface area contributed by atoms with Crippen LogP contribution in [0.4, 0.5) is 5.69 Å². The topological polar surface area (TPSA) is 61.5 Å². The molecule has 0 bridgehead atoms. The van der Waals surface area contributed by atoms with Crippen LogP contribution in [0.3, 0.4) is 0 Å². The summed E-state index contributed by atoms with van der Waals surface area (Å²) >= 11 is 0. The molecule has 0 amide bonds. The average Bonchev–Trinajstić information content (AvgIpc) is 2.49. The van der Waals surface area contributed by atoms with Crippen LogP contribution in [0.15, 0.2) is 30.3 Å². The first-order valence-corrected chi connectivity index (χ1v) is 7.16. The fraction of sp³-hybridized carbons (Fsp3) is 0.600. The standard InChI is InChI=1S/C15H25N3O/c16-13-15(17-9-4-12-19)7-10-18(11-8-15)14-5-2-1-3-6-14/h1-3,5-6,17,19H,4,7-13,16H2. The maximum Gasteiger partial charge on any atom is 0.0443 e. The van der Waals surface area contributed by atoms with Gasteiger partial charge in [-0.2, -0.15) is 0 Å². The van der Waals surface area contributed by atoms with E-state index in [2.05, 4.69) is 34.5 Å².